The van der Waals surface area contributed by atoms with Gasteiger partial charge in [-0.1, -0.05) is 75.1 Å². The summed E-state index contributed by atoms with van der Waals surface area (Å²) in [6.07, 6.45) is 5.84. The summed E-state index contributed by atoms with van der Waals surface area (Å²) in [5.74, 6) is -0.618. The van der Waals surface area contributed by atoms with Gasteiger partial charge in [0.25, 0.3) is 0 Å². The smallest absolute Gasteiger partial charge is 0.336 e. The van der Waals surface area contributed by atoms with Crippen molar-refractivity contribution < 1.29 is 14.7 Å². The molecule has 0 radical (unpaired) electrons. The largest absolute Gasteiger partial charge is 0.478 e. The molecule has 202 valence electrons. The van der Waals surface area contributed by atoms with Gasteiger partial charge in [0.05, 0.1) is 16.9 Å². The number of amides is 2. The fourth-order valence-electron chi connectivity index (χ4n) is 5.45. The van der Waals surface area contributed by atoms with Crippen molar-refractivity contribution in [3.8, 4) is 11.1 Å². The van der Waals surface area contributed by atoms with Crippen LogP contribution in [-0.4, -0.2) is 44.2 Å². The average molecular weight is 523 g/mol. The van der Waals surface area contributed by atoms with Crippen LogP contribution in [0.5, 0.6) is 0 Å². The highest BCUT2D eigenvalue weighted by Crippen LogP contribution is 2.40. The highest BCUT2D eigenvalue weighted by atomic mass is 16.4. The number of carbonyl (C=O) groups excluding carboxylic acids is 1. The number of carboxylic acid groups (broad SMARTS) is 1. The Bertz CT molecular complexity index is 1320. The Balaban J connectivity index is 1.81. The summed E-state index contributed by atoms with van der Waals surface area (Å²) in [4.78, 5) is 27.8. The first kappa shape index (κ1) is 28.3. The van der Waals surface area contributed by atoms with Gasteiger partial charge in [0.2, 0.25) is 0 Å². The van der Waals surface area contributed by atoms with E-state index in [0.717, 1.165) is 29.7 Å². The summed E-state index contributed by atoms with van der Waals surface area (Å²) in [6.45, 7) is 6.49. The second kappa shape index (κ2) is 12.0. The molecule has 2 amide bonds. The van der Waals surface area contributed by atoms with Crippen LogP contribution in [-0.2, 0) is 0 Å². The van der Waals surface area contributed by atoms with E-state index in [1.54, 1.807) is 12.1 Å². The maximum Gasteiger partial charge on any atom is 0.336 e. The maximum absolute atomic E-state index is 13.3. The zero-order valence-electron chi connectivity index (χ0n) is 23.8. The van der Waals surface area contributed by atoms with Crippen molar-refractivity contribution in [2.24, 2.45) is 5.92 Å². The van der Waals surface area contributed by atoms with E-state index in [1.807, 2.05) is 61.5 Å². The minimum atomic E-state index is -0.980. The number of rotatable bonds is 8. The third kappa shape index (κ3) is 6.49. The van der Waals surface area contributed by atoms with Crippen molar-refractivity contribution in [3.05, 3.63) is 77.9 Å². The van der Waals surface area contributed by atoms with Gasteiger partial charge in [0.1, 0.15) is 15.7 Å². The predicted octanol–water partition coefficient (Wildman–Crippen LogP) is 5.72. The molecule has 0 aromatic heterocycles. The second-order valence-corrected chi connectivity index (χ2v) is 11.5. The van der Waals surface area contributed by atoms with E-state index in [4.69, 9.17) is 0 Å². The Labute approximate surface area is 234 Å². The summed E-state index contributed by atoms with van der Waals surface area (Å²) in [5.41, 5.74) is 5.03. The predicted molar refractivity (Wildman–Crippen MR) is 167 cm³/mol. The number of aromatic carboxylic acids is 1. The zero-order chi connectivity index (χ0) is 28.2. The Morgan fingerprint density at radius 3 is 2.26 bits per heavy atom. The summed E-state index contributed by atoms with van der Waals surface area (Å²) in [6, 6.07) is 20.6. The first-order chi connectivity index (χ1) is 18.6. The lowest BCUT2D eigenvalue weighted by Crippen LogP contribution is -2.59. The number of urea groups is 1. The van der Waals surface area contributed by atoms with Gasteiger partial charge >= 0.3 is 12.0 Å². The molecule has 0 unspecified atom stereocenters. The molecule has 0 heterocycles. The van der Waals surface area contributed by atoms with Crippen molar-refractivity contribution >= 4 is 44.8 Å². The van der Waals surface area contributed by atoms with E-state index >= 15 is 0 Å². The van der Waals surface area contributed by atoms with Crippen LogP contribution in [0, 0.1) is 12.8 Å². The van der Waals surface area contributed by atoms with Gasteiger partial charge < -0.3 is 20.6 Å². The van der Waals surface area contributed by atoms with Crippen LogP contribution in [0.15, 0.2) is 66.7 Å². The van der Waals surface area contributed by atoms with E-state index in [0.29, 0.717) is 28.9 Å². The highest BCUT2D eigenvalue weighted by molar-refractivity contribution is 6.42. The maximum atomic E-state index is 13.3. The van der Waals surface area contributed by atoms with Crippen LogP contribution in [0.3, 0.4) is 0 Å². The zero-order valence-corrected chi connectivity index (χ0v) is 23.8. The third-order valence-corrected chi connectivity index (χ3v) is 8.26. The lowest BCUT2D eigenvalue weighted by Gasteiger charge is -2.50. The number of nitrogens with zero attached hydrogens (tertiary/aromatic N) is 1. The molecule has 3 N–H and O–H groups in total. The van der Waals surface area contributed by atoms with Gasteiger partial charge in [0, 0.05) is 11.7 Å². The van der Waals surface area contributed by atoms with E-state index in [2.05, 4.69) is 45.1 Å². The number of hydrogen-bond acceptors (Lipinski definition) is 3. The second-order valence-electron chi connectivity index (χ2n) is 11.5. The van der Waals surface area contributed by atoms with Crippen LogP contribution >= 0.6 is 0 Å². The normalized spacial score (nSPS) is 14.2. The Morgan fingerprint density at radius 2 is 1.62 bits per heavy atom. The van der Waals surface area contributed by atoms with E-state index in [1.165, 1.54) is 19.3 Å². The molecule has 0 saturated heterocycles. The third-order valence-electron chi connectivity index (χ3n) is 8.26. The molecule has 39 heavy (non-hydrogen) atoms. The topological polar surface area (TPSA) is 81.7 Å². The number of benzene rings is 3. The summed E-state index contributed by atoms with van der Waals surface area (Å²) in [7, 11) is 4.55. The van der Waals surface area contributed by atoms with Gasteiger partial charge in [-0.3, -0.25) is 0 Å². The van der Waals surface area contributed by atoms with Crippen LogP contribution in [0.25, 0.3) is 11.1 Å². The van der Waals surface area contributed by atoms with E-state index in [-0.39, 0.29) is 16.9 Å². The van der Waals surface area contributed by atoms with Gasteiger partial charge in [-0.05, 0) is 72.5 Å². The minimum Gasteiger partial charge on any atom is -0.478 e. The van der Waals surface area contributed by atoms with Crippen LogP contribution in [0.4, 0.5) is 21.9 Å². The molecule has 3 aromatic rings. The fourth-order valence-corrected chi connectivity index (χ4v) is 5.45. The number of hydrogen-bond donors (Lipinski definition) is 3. The molecule has 1 aliphatic carbocycles. The quantitative estimate of drug-likeness (QED) is 0.330. The fraction of sp³-hybridized carbons (Fsp3) is 0.355. The number of carboxylic acids is 1. The van der Waals surface area contributed by atoms with E-state index in [9.17, 15) is 14.7 Å². The lowest BCUT2D eigenvalue weighted by atomic mass is 9.54. The molecule has 0 bridgehead atoms. The molecule has 0 spiro atoms. The van der Waals surface area contributed by atoms with E-state index < -0.39 is 5.97 Å². The minimum absolute atomic E-state index is 0.174. The highest BCUT2D eigenvalue weighted by Gasteiger charge is 2.37. The van der Waals surface area contributed by atoms with Crippen LogP contribution < -0.4 is 15.5 Å². The van der Waals surface area contributed by atoms with Gasteiger partial charge in [-0.15, -0.1) is 0 Å². The van der Waals surface area contributed by atoms with Crippen molar-refractivity contribution in [1.82, 2.24) is 0 Å². The molecule has 8 heteroatoms. The molecular formula is C31H39B2N3O3. The first-order valence-electron chi connectivity index (χ1n) is 14.0. The number of anilines is 3. The Hall–Kier alpha value is -3.67. The Morgan fingerprint density at radius 1 is 0.949 bits per heavy atom. The number of aryl methyl sites for hydroxylation is 1. The van der Waals surface area contributed by atoms with Crippen molar-refractivity contribution in [3.63, 3.8) is 0 Å². The molecule has 0 aliphatic heterocycles. The van der Waals surface area contributed by atoms with Crippen LogP contribution in [0.1, 0.15) is 61.9 Å². The summed E-state index contributed by atoms with van der Waals surface area (Å²) < 4.78 is 0. The number of nitrogens with one attached hydrogen (secondary N) is 2. The molecule has 6 nitrogen and oxygen atoms in total. The molecule has 1 saturated carbocycles. The van der Waals surface area contributed by atoms with Gasteiger partial charge in [0.15, 0.2) is 0 Å². The van der Waals surface area contributed by atoms with Crippen molar-refractivity contribution in [2.45, 2.75) is 64.3 Å². The first-order valence-corrected chi connectivity index (χ1v) is 14.0. The molecule has 3 aromatic carbocycles. The SMILES string of the molecule is BC(B)(C(C)C)N(c1ccc(-c2ccccc2C(=O)O)cc1NC(=O)Nc1ccc(C)cc1)C1CCCCC1. The molecular weight excluding hydrogens is 484 g/mol. The molecule has 4 rings (SSSR count). The molecule has 1 fully saturated rings. The van der Waals surface area contributed by atoms with Gasteiger partial charge in [-0.2, -0.15) is 0 Å². The number of carbonyl (C=O) groups is 2. The van der Waals surface area contributed by atoms with Crippen molar-refractivity contribution in [1.29, 1.82) is 0 Å². The van der Waals surface area contributed by atoms with Gasteiger partial charge in [-0.25, -0.2) is 9.59 Å². The molecule has 1 aliphatic rings. The van der Waals surface area contributed by atoms with Crippen LogP contribution in [0.2, 0.25) is 0 Å². The lowest BCUT2D eigenvalue weighted by molar-refractivity contribution is 0.0697. The molecule has 0 atom stereocenters. The summed E-state index contributed by atoms with van der Waals surface area (Å²) >= 11 is 0. The Kier molecular flexibility index (Phi) is 8.73. The summed E-state index contributed by atoms with van der Waals surface area (Å²) in [5, 5.41) is 15.7. The monoisotopic (exact) mass is 523 g/mol. The standard InChI is InChI=1S/C31H39B2N3O3/c1-20(2)31(32,33)36(24-9-5-4-6-10-24)28-18-15-22(25-11-7-8-12-26(25)29(37)38)19-27(28)35-30(39)34-23-16-13-21(3)14-17-23/h7-8,11-20,24H,4-6,9-10,32-33H2,1-3H3,(H,37,38)(H2,34,35,39). The van der Waals surface area contributed by atoms with Crippen molar-refractivity contribution in [2.75, 3.05) is 15.5 Å². The average Bonchev–Trinajstić information content (AvgIpc) is 2.91.